The van der Waals surface area contributed by atoms with Gasteiger partial charge in [-0.05, 0) is 56.8 Å². The SMILES string of the molecule is CC(C)c1ccc(NC(=O)Cn2cnc3ncncc32)cc1.CC1C=c2c(ccc3c2=CC(=O)c2ccccc2-3)CC1=O. The lowest BCUT2D eigenvalue weighted by Crippen LogP contribution is -2.38. The molecule has 214 valence electrons. The molecule has 0 fully saturated rings. The zero-order valence-electron chi connectivity index (χ0n) is 24.2. The first-order chi connectivity index (χ1) is 20.8. The van der Waals surface area contributed by atoms with Crippen LogP contribution in [0.1, 0.15) is 48.2 Å². The minimum Gasteiger partial charge on any atom is -0.325 e. The van der Waals surface area contributed by atoms with Crippen molar-refractivity contribution in [1.82, 2.24) is 19.5 Å². The third-order valence-corrected chi connectivity index (χ3v) is 7.90. The van der Waals surface area contributed by atoms with Crippen LogP contribution in [0.5, 0.6) is 0 Å². The van der Waals surface area contributed by atoms with Gasteiger partial charge in [-0.1, -0.05) is 75.4 Å². The number of anilines is 1. The van der Waals surface area contributed by atoms with Crippen LogP contribution >= 0.6 is 0 Å². The van der Waals surface area contributed by atoms with Crippen molar-refractivity contribution in [1.29, 1.82) is 0 Å². The lowest BCUT2D eigenvalue weighted by atomic mass is 9.84. The third-order valence-electron chi connectivity index (χ3n) is 7.90. The van der Waals surface area contributed by atoms with Gasteiger partial charge in [0.2, 0.25) is 5.91 Å². The molecule has 5 aromatic rings. The first-order valence-corrected chi connectivity index (χ1v) is 14.3. The molecule has 1 atom stereocenters. The molecule has 1 amide bonds. The number of carbonyl (C=O) groups is 3. The standard InChI is InChI=1S/C19H14O2.C16H17N5O/c1-11-8-16-12(9-18(11)20)6-7-14-13-4-2-3-5-15(13)19(21)10-17(14)16;1-11(2)12-3-5-13(6-4-12)20-15(22)8-21-10-19-16-14(21)7-17-9-18-16/h2-8,10-11H,9H2,1H3;3-7,9-11H,8H2,1-2H3,(H,20,22). The normalized spacial score (nSPS) is 14.9. The number of ketones is 2. The molecule has 43 heavy (non-hydrogen) atoms. The molecule has 0 saturated carbocycles. The molecule has 2 aliphatic carbocycles. The molecule has 3 aromatic carbocycles. The van der Waals surface area contributed by atoms with E-state index < -0.39 is 0 Å². The maximum absolute atomic E-state index is 12.3. The largest absolute Gasteiger partial charge is 0.325 e. The van der Waals surface area contributed by atoms with E-state index in [0.717, 1.165) is 43.9 Å². The second-order valence-electron chi connectivity index (χ2n) is 11.2. The number of aromatic nitrogens is 4. The highest BCUT2D eigenvalue weighted by Gasteiger charge is 2.22. The summed E-state index contributed by atoms with van der Waals surface area (Å²) in [6.07, 6.45) is 8.87. The summed E-state index contributed by atoms with van der Waals surface area (Å²) in [7, 11) is 0. The van der Waals surface area contributed by atoms with Crippen LogP contribution in [0.15, 0.2) is 79.5 Å². The number of benzene rings is 3. The van der Waals surface area contributed by atoms with E-state index in [-0.39, 0.29) is 29.9 Å². The number of imidazole rings is 1. The second-order valence-corrected chi connectivity index (χ2v) is 11.2. The van der Waals surface area contributed by atoms with Gasteiger partial charge in [0.05, 0.1) is 12.5 Å². The van der Waals surface area contributed by atoms with Crippen molar-refractivity contribution in [2.75, 3.05) is 5.32 Å². The van der Waals surface area contributed by atoms with E-state index in [1.54, 1.807) is 23.2 Å². The molecule has 1 N–H and O–H groups in total. The predicted molar refractivity (Wildman–Crippen MR) is 167 cm³/mol. The number of Topliss-reactive ketones (excluding diaryl/α,β-unsaturated/α-hetero) is 2. The zero-order chi connectivity index (χ0) is 30.1. The fraction of sp³-hybridized carbons (Fsp3) is 0.200. The van der Waals surface area contributed by atoms with Crippen LogP contribution in [-0.2, 0) is 22.6 Å². The summed E-state index contributed by atoms with van der Waals surface area (Å²) in [4.78, 5) is 48.5. The number of amides is 1. The molecule has 2 aromatic heterocycles. The van der Waals surface area contributed by atoms with Crippen LogP contribution in [0.4, 0.5) is 5.69 Å². The van der Waals surface area contributed by atoms with Gasteiger partial charge in [0.1, 0.15) is 24.2 Å². The Labute approximate surface area is 248 Å². The maximum Gasteiger partial charge on any atom is 0.244 e. The molecule has 8 nitrogen and oxygen atoms in total. The molecule has 0 radical (unpaired) electrons. The summed E-state index contributed by atoms with van der Waals surface area (Å²) in [6, 6.07) is 19.7. The van der Waals surface area contributed by atoms with Crippen molar-refractivity contribution < 1.29 is 14.4 Å². The summed E-state index contributed by atoms with van der Waals surface area (Å²) in [5.41, 5.74) is 7.22. The number of carbonyl (C=O) groups excluding carboxylic acids is 3. The van der Waals surface area contributed by atoms with E-state index in [9.17, 15) is 14.4 Å². The lowest BCUT2D eigenvalue weighted by Gasteiger charge is -2.19. The van der Waals surface area contributed by atoms with Crippen LogP contribution in [0.3, 0.4) is 0 Å². The molecule has 0 aliphatic heterocycles. The van der Waals surface area contributed by atoms with Crippen molar-refractivity contribution in [3.63, 3.8) is 0 Å². The molecule has 0 spiro atoms. The lowest BCUT2D eigenvalue weighted by molar-refractivity contribution is -0.120. The van der Waals surface area contributed by atoms with Gasteiger partial charge in [-0.15, -0.1) is 0 Å². The average Bonchev–Trinajstić information content (AvgIpc) is 3.41. The second kappa shape index (κ2) is 11.6. The van der Waals surface area contributed by atoms with Gasteiger partial charge in [0.15, 0.2) is 11.4 Å². The summed E-state index contributed by atoms with van der Waals surface area (Å²) in [6.45, 7) is 6.37. The first-order valence-electron chi connectivity index (χ1n) is 14.3. The molecule has 8 heteroatoms. The van der Waals surface area contributed by atoms with Gasteiger partial charge in [-0.2, -0.15) is 0 Å². The topological polar surface area (TPSA) is 107 Å². The highest BCUT2D eigenvalue weighted by Crippen LogP contribution is 2.25. The smallest absolute Gasteiger partial charge is 0.244 e. The third kappa shape index (κ3) is 5.64. The molecular formula is C35H31N5O3. The molecule has 2 heterocycles. The summed E-state index contributed by atoms with van der Waals surface area (Å²) < 4.78 is 1.73. The Hall–Kier alpha value is -5.24. The van der Waals surface area contributed by atoms with Crippen LogP contribution in [0.2, 0.25) is 0 Å². The number of hydrogen-bond donors (Lipinski definition) is 1. The van der Waals surface area contributed by atoms with E-state index in [0.29, 0.717) is 18.0 Å². The number of fused-ring (bicyclic) bond motifs is 6. The predicted octanol–water partition coefficient (Wildman–Crippen LogP) is 4.46. The minimum atomic E-state index is -0.111. The van der Waals surface area contributed by atoms with Crippen molar-refractivity contribution in [2.45, 2.75) is 39.7 Å². The Bertz CT molecular complexity index is 2010. The fourth-order valence-electron chi connectivity index (χ4n) is 5.49. The zero-order valence-corrected chi connectivity index (χ0v) is 24.2. The minimum absolute atomic E-state index is 0.0458. The Balaban J connectivity index is 0.000000153. The summed E-state index contributed by atoms with van der Waals surface area (Å²) in [5.74, 6) is 0.571. The number of rotatable bonds is 4. The number of hydrogen-bond acceptors (Lipinski definition) is 6. The van der Waals surface area contributed by atoms with Gasteiger partial charge >= 0.3 is 0 Å². The monoisotopic (exact) mass is 569 g/mol. The Morgan fingerprint density at radius 2 is 1.72 bits per heavy atom. The number of nitrogens with one attached hydrogen (secondary N) is 1. The molecule has 0 bridgehead atoms. The van der Waals surface area contributed by atoms with Gasteiger partial charge in [-0.25, -0.2) is 15.0 Å². The van der Waals surface area contributed by atoms with E-state index in [1.165, 1.54) is 11.9 Å². The summed E-state index contributed by atoms with van der Waals surface area (Å²) >= 11 is 0. The Morgan fingerprint density at radius 1 is 0.953 bits per heavy atom. The maximum atomic E-state index is 12.3. The van der Waals surface area contributed by atoms with Crippen LogP contribution in [0.25, 0.3) is 34.4 Å². The first kappa shape index (κ1) is 27.9. The quantitative estimate of drug-likeness (QED) is 0.343. The fourth-order valence-corrected chi connectivity index (χ4v) is 5.49. The molecular weight excluding hydrogens is 538 g/mol. The van der Waals surface area contributed by atoms with Gasteiger partial charge < -0.3 is 9.88 Å². The highest BCUT2D eigenvalue weighted by molar-refractivity contribution is 6.22. The van der Waals surface area contributed by atoms with Crippen molar-refractivity contribution in [3.05, 3.63) is 107 Å². The van der Waals surface area contributed by atoms with Crippen molar-refractivity contribution >= 4 is 46.5 Å². The molecule has 2 aliphatic rings. The molecule has 7 rings (SSSR count). The van der Waals surface area contributed by atoms with E-state index in [2.05, 4.69) is 34.1 Å². The van der Waals surface area contributed by atoms with E-state index in [1.807, 2.05) is 73.7 Å². The van der Waals surface area contributed by atoms with Gasteiger partial charge in [0.25, 0.3) is 0 Å². The Morgan fingerprint density at radius 3 is 2.49 bits per heavy atom. The van der Waals surface area contributed by atoms with Gasteiger partial charge in [0, 0.05) is 23.6 Å². The molecule has 1 unspecified atom stereocenters. The van der Waals surface area contributed by atoms with Crippen molar-refractivity contribution in [3.8, 4) is 11.1 Å². The van der Waals surface area contributed by atoms with Crippen LogP contribution in [-0.4, -0.2) is 37.0 Å². The van der Waals surface area contributed by atoms with E-state index in [4.69, 9.17) is 0 Å². The number of nitrogens with zero attached hydrogens (tertiary/aromatic N) is 4. The van der Waals surface area contributed by atoms with Crippen LogP contribution in [0, 0.1) is 5.92 Å². The van der Waals surface area contributed by atoms with Gasteiger partial charge in [-0.3, -0.25) is 14.4 Å². The van der Waals surface area contributed by atoms with E-state index >= 15 is 0 Å². The Kier molecular flexibility index (Phi) is 7.50. The average molecular weight is 570 g/mol. The van der Waals surface area contributed by atoms with Crippen LogP contribution < -0.4 is 15.8 Å². The van der Waals surface area contributed by atoms with Crippen molar-refractivity contribution in [2.24, 2.45) is 5.92 Å². The highest BCUT2D eigenvalue weighted by atomic mass is 16.2. The summed E-state index contributed by atoms with van der Waals surface area (Å²) in [5, 5.41) is 4.91. The molecule has 0 saturated heterocycles.